The van der Waals surface area contributed by atoms with Crippen molar-refractivity contribution in [1.29, 1.82) is 0 Å². The van der Waals surface area contributed by atoms with E-state index in [1.54, 1.807) is 7.11 Å². The van der Waals surface area contributed by atoms with Crippen LogP contribution >= 0.6 is 11.8 Å². The summed E-state index contributed by atoms with van der Waals surface area (Å²) in [5.74, 6) is 2.10. The Bertz CT molecular complexity index is 770. The molecule has 1 fully saturated rings. The third-order valence-electron chi connectivity index (χ3n) is 5.08. The average Bonchev–Trinajstić information content (AvgIpc) is 3.08. The van der Waals surface area contributed by atoms with E-state index >= 15 is 0 Å². The largest absolute Gasteiger partial charge is 0.383 e. The van der Waals surface area contributed by atoms with Crippen LogP contribution < -0.4 is 0 Å². The number of methoxy groups -OCH3 is 1. The summed E-state index contributed by atoms with van der Waals surface area (Å²) in [6, 6.07) is 10.0. The lowest BCUT2D eigenvalue weighted by molar-refractivity contribution is -0.132. The highest BCUT2D eigenvalue weighted by molar-refractivity contribution is 8.00. The Morgan fingerprint density at radius 2 is 1.89 bits per heavy atom. The first kappa shape index (κ1) is 20.9. The molecule has 0 spiro atoms. The number of ether oxygens (including phenoxy) is 1. The monoisotopic (exact) mass is 402 g/mol. The van der Waals surface area contributed by atoms with Crippen LogP contribution in [0.15, 0.2) is 35.5 Å². The Labute approximate surface area is 171 Å². The zero-order valence-corrected chi connectivity index (χ0v) is 18.0. The van der Waals surface area contributed by atoms with Crippen LogP contribution in [-0.2, 0) is 16.1 Å². The van der Waals surface area contributed by atoms with Crippen molar-refractivity contribution < 1.29 is 9.53 Å². The Kier molecular flexibility index (Phi) is 7.13. The fourth-order valence-corrected chi connectivity index (χ4v) is 4.83. The standard InChI is InChI=1S/C21H30N4O2S/c1-15-12-16(2)14-24(13-15)20(26)17(3)28-21-23-22-19(25(21)10-11-27-4)18-8-6-5-7-9-18/h5-9,15-17H,10-14H2,1-4H3. The molecule has 3 atom stereocenters. The summed E-state index contributed by atoms with van der Waals surface area (Å²) in [6.07, 6.45) is 1.19. The van der Waals surface area contributed by atoms with Crippen LogP contribution in [0.4, 0.5) is 0 Å². The maximum atomic E-state index is 13.0. The molecule has 0 N–H and O–H groups in total. The van der Waals surface area contributed by atoms with Gasteiger partial charge in [-0.2, -0.15) is 0 Å². The molecule has 1 saturated heterocycles. The molecule has 1 amide bonds. The first-order chi connectivity index (χ1) is 13.5. The van der Waals surface area contributed by atoms with E-state index in [-0.39, 0.29) is 11.2 Å². The molecule has 1 aromatic carbocycles. The molecule has 2 heterocycles. The summed E-state index contributed by atoms with van der Waals surface area (Å²) in [7, 11) is 1.68. The van der Waals surface area contributed by atoms with E-state index in [2.05, 4.69) is 28.6 Å². The SMILES string of the molecule is COCCn1c(SC(C)C(=O)N2CC(C)CC(C)C2)nnc1-c1ccccc1. The van der Waals surface area contributed by atoms with Crippen molar-refractivity contribution >= 4 is 17.7 Å². The molecule has 1 aliphatic rings. The Balaban J connectivity index is 1.77. The maximum absolute atomic E-state index is 13.0. The van der Waals surface area contributed by atoms with Crippen molar-refractivity contribution in [3.8, 4) is 11.4 Å². The summed E-state index contributed by atoms with van der Waals surface area (Å²) in [4.78, 5) is 15.0. The molecular weight excluding hydrogens is 372 g/mol. The van der Waals surface area contributed by atoms with Crippen molar-refractivity contribution in [2.24, 2.45) is 11.8 Å². The molecule has 0 bridgehead atoms. The van der Waals surface area contributed by atoms with Crippen molar-refractivity contribution in [1.82, 2.24) is 19.7 Å². The molecule has 0 radical (unpaired) electrons. The lowest BCUT2D eigenvalue weighted by atomic mass is 9.92. The Morgan fingerprint density at radius 1 is 1.21 bits per heavy atom. The first-order valence-electron chi connectivity index (χ1n) is 9.92. The van der Waals surface area contributed by atoms with E-state index in [0.717, 1.165) is 29.6 Å². The van der Waals surface area contributed by atoms with Gasteiger partial charge in [0.2, 0.25) is 5.91 Å². The highest BCUT2D eigenvalue weighted by Crippen LogP contribution is 2.29. The second kappa shape index (κ2) is 9.56. The van der Waals surface area contributed by atoms with Gasteiger partial charge in [-0.3, -0.25) is 9.36 Å². The minimum absolute atomic E-state index is 0.186. The fraction of sp³-hybridized carbons (Fsp3) is 0.571. The maximum Gasteiger partial charge on any atom is 0.235 e. The molecule has 6 nitrogen and oxygen atoms in total. The number of hydrogen-bond acceptors (Lipinski definition) is 5. The van der Waals surface area contributed by atoms with Crippen LogP contribution in [0.5, 0.6) is 0 Å². The Hall–Kier alpha value is -1.86. The minimum atomic E-state index is -0.202. The van der Waals surface area contributed by atoms with Crippen LogP contribution in [0, 0.1) is 11.8 Å². The van der Waals surface area contributed by atoms with Gasteiger partial charge in [0.25, 0.3) is 0 Å². The van der Waals surface area contributed by atoms with Gasteiger partial charge in [-0.15, -0.1) is 10.2 Å². The van der Waals surface area contributed by atoms with Gasteiger partial charge >= 0.3 is 0 Å². The lowest BCUT2D eigenvalue weighted by Crippen LogP contribution is -2.45. The number of rotatable bonds is 7. The summed E-state index contributed by atoms with van der Waals surface area (Å²) >= 11 is 1.48. The minimum Gasteiger partial charge on any atom is -0.383 e. The van der Waals surface area contributed by atoms with E-state index in [1.807, 2.05) is 42.2 Å². The number of hydrogen-bond donors (Lipinski definition) is 0. The Morgan fingerprint density at radius 3 is 2.54 bits per heavy atom. The molecule has 7 heteroatoms. The summed E-state index contributed by atoms with van der Waals surface area (Å²) in [5, 5.41) is 9.35. The smallest absolute Gasteiger partial charge is 0.235 e. The van der Waals surface area contributed by atoms with Crippen LogP contribution in [0.1, 0.15) is 27.2 Å². The molecule has 0 aliphatic carbocycles. The fourth-order valence-electron chi connectivity index (χ4n) is 3.87. The van der Waals surface area contributed by atoms with Gasteiger partial charge in [-0.1, -0.05) is 55.9 Å². The van der Waals surface area contributed by atoms with Gasteiger partial charge in [0.1, 0.15) is 0 Å². The number of benzene rings is 1. The van der Waals surface area contributed by atoms with Gasteiger partial charge in [-0.05, 0) is 25.2 Å². The summed E-state index contributed by atoms with van der Waals surface area (Å²) in [6.45, 7) is 9.32. The summed E-state index contributed by atoms with van der Waals surface area (Å²) in [5.41, 5.74) is 1.01. The molecule has 0 saturated carbocycles. The molecule has 2 aromatic rings. The topological polar surface area (TPSA) is 60.2 Å². The zero-order valence-electron chi connectivity index (χ0n) is 17.2. The van der Waals surface area contributed by atoms with E-state index in [1.165, 1.54) is 18.2 Å². The lowest BCUT2D eigenvalue weighted by Gasteiger charge is -2.36. The second-order valence-corrected chi connectivity index (χ2v) is 9.07. The number of aromatic nitrogens is 3. The molecule has 3 rings (SSSR count). The average molecular weight is 403 g/mol. The predicted octanol–water partition coefficient (Wildman–Crippen LogP) is 3.58. The third kappa shape index (κ3) is 4.94. The van der Waals surface area contributed by atoms with E-state index < -0.39 is 0 Å². The van der Waals surface area contributed by atoms with Crippen LogP contribution in [0.25, 0.3) is 11.4 Å². The normalized spacial score (nSPS) is 20.9. The highest BCUT2D eigenvalue weighted by Gasteiger charge is 2.29. The van der Waals surface area contributed by atoms with Gasteiger partial charge < -0.3 is 9.64 Å². The van der Waals surface area contributed by atoms with E-state index in [9.17, 15) is 4.79 Å². The van der Waals surface area contributed by atoms with E-state index in [4.69, 9.17) is 4.74 Å². The van der Waals surface area contributed by atoms with Crippen LogP contribution in [-0.4, -0.2) is 57.6 Å². The molecule has 1 aliphatic heterocycles. The molecular formula is C21H30N4O2S. The second-order valence-electron chi connectivity index (χ2n) is 7.77. The number of amides is 1. The van der Waals surface area contributed by atoms with Crippen molar-refractivity contribution in [3.63, 3.8) is 0 Å². The number of carbonyl (C=O) groups is 1. The van der Waals surface area contributed by atoms with Crippen molar-refractivity contribution in [2.45, 2.75) is 44.1 Å². The van der Waals surface area contributed by atoms with E-state index in [0.29, 0.717) is 25.0 Å². The number of likely N-dealkylation sites (tertiary alicyclic amines) is 1. The van der Waals surface area contributed by atoms with Crippen molar-refractivity contribution in [3.05, 3.63) is 30.3 Å². The van der Waals surface area contributed by atoms with Crippen LogP contribution in [0.2, 0.25) is 0 Å². The van der Waals surface area contributed by atoms with Gasteiger partial charge in [-0.25, -0.2) is 0 Å². The quantitative estimate of drug-likeness (QED) is 0.663. The molecule has 28 heavy (non-hydrogen) atoms. The van der Waals surface area contributed by atoms with Crippen LogP contribution in [0.3, 0.4) is 0 Å². The summed E-state index contributed by atoms with van der Waals surface area (Å²) < 4.78 is 7.32. The number of thioether (sulfide) groups is 1. The number of carbonyl (C=O) groups excluding carboxylic acids is 1. The number of nitrogens with zero attached hydrogens (tertiary/aromatic N) is 4. The van der Waals surface area contributed by atoms with Gasteiger partial charge in [0.05, 0.1) is 18.4 Å². The molecule has 3 unspecified atom stereocenters. The zero-order chi connectivity index (χ0) is 20.1. The molecule has 1 aromatic heterocycles. The van der Waals surface area contributed by atoms with Crippen molar-refractivity contribution in [2.75, 3.05) is 26.8 Å². The predicted molar refractivity (Wildman–Crippen MR) is 112 cm³/mol. The third-order valence-corrected chi connectivity index (χ3v) is 6.15. The highest BCUT2D eigenvalue weighted by atomic mass is 32.2. The number of piperidine rings is 1. The van der Waals surface area contributed by atoms with Gasteiger partial charge in [0.15, 0.2) is 11.0 Å². The first-order valence-corrected chi connectivity index (χ1v) is 10.8. The van der Waals surface area contributed by atoms with Gasteiger partial charge in [0, 0.05) is 25.8 Å². The molecule has 152 valence electrons.